The third-order valence-corrected chi connectivity index (χ3v) is 3.08. The van der Waals surface area contributed by atoms with Crippen LogP contribution in [0, 0.1) is 6.92 Å². The maximum Gasteiger partial charge on any atom is 0.407 e. The Balaban J connectivity index is 2.40. The Morgan fingerprint density at radius 3 is 2.48 bits per heavy atom. The van der Waals surface area contributed by atoms with Crippen LogP contribution in [0.25, 0.3) is 0 Å². The second kappa shape index (κ2) is 8.41. The van der Waals surface area contributed by atoms with Gasteiger partial charge in [-0.05, 0) is 51.8 Å². The van der Waals surface area contributed by atoms with Crippen LogP contribution in [-0.4, -0.2) is 37.9 Å². The number of hydrogen-bond donors (Lipinski definition) is 2. The van der Waals surface area contributed by atoms with E-state index >= 15 is 0 Å². The van der Waals surface area contributed by atoms with E-state index in [1.165, 1.54) is 7.11 Å². The number of carbonyl (C=O) groups excluding carboxylic acids is 2. The van der Waals surface area contributed by atoms with Crippen molar-refractivity contribution in [2.45, 2.75) is 39.7 Å². The fourth-order valence-electron chi connectivity index (χ4n) is 1.97. The molecule has 23 heavy (non-hydrogen) atoms. The maximum absolute atomic E-state index is 11.6. The number of methoxy groups -OCH3 is 1. The monoisotopic (exact) mass is 322 g/mol. The molecule has 0 atom stereocenters. The maximum atomic E-state index is 11.6. The van der Waals surface area contributed by atoms with Crippen molar-refractivity contribution in [1.82, 2.24) is 5.32 Å². The molecule has 2 N–H and O–H groups in total. The Morgan fingerprint density at radius 1 is 1.17 bits per heavy atom. The predicted octanol–water partition coefficient (Wildman–Crippen LogP) is 3.11. The van der Waals surface area contributed by atoms with Crippen LogP contribution >= 0.6 is 0 Å². The van der Waals surface area contributed by atoms with E-state index in [1.807, 2.05) is 33.8 Å². The number of anilines is 1. The minimum Gasteiger partial charge on any atom is -0.465 e. The van der Waals surface area contributed by atoms with E-state index in [1.54, 1.807) is 12.1 Å². The van der Waals surface area contributed by atoms with Crippen molar-refractivity contribution in [3.8, 4) is 0 Å². The van der Waals surface area contributed by atoms with Crippen LogP contribution in [0.3, 0.4) is 0 Å². The summed E-state index contributed by atoms with van der Waals surface area (Å²) in [5, 5.41) is 5.96. The first-order chi connectivity index (χ1) is 10.7. The molecule has 0 radical (unpaired) electrons. The molecule has 128 valence electrons. The van der Waals surface area contributed by atoms with Gasteiger partial charge >= 0.3 is 12.1 Å². The van der Waals surface area contributed by atoms with E-state index in [-0.39, 0.29) is 5.97 Å². The summed E-state index contributed by atoms with van der Waals surface area (Å²) in [7, 11) is 1.37. The van der Waals surface area contributed by atoms with Gasteiger partial charge in [-0.1, -0.05) is 6.07 Å². The van der Waals surface area contributed by atoms with Gasteiger partial charge in [0.05, 0.1) is 12.7 Å². The molecule has 1 amide bonds. The van der Waals surface area contributed by atoms with Crippen molar-refractivity contribution in [3.05, 3.63) is 29.3 Å². The Bertz CT molecular complexity index is 550. The zero-order chi connectivity index (χ0) is 17.5. The Labute approximate surface area is 137 Å². The minimum atomic E-state index is -0.492. The lowest BCUT2D eigenvalue weighted by molar-refractivity contribution is 0.0526. The fourth-order valence-corrected chi connectivity index (χ4v) is 1.97. The molecule has 0 heterocycles. The Morgan fingerprint density at radius 2 is 1.87 bits per heavy atom. The molecular formula is C17H26N2O4. The third-order valence-electron chi connectivity index (χ3n) is 3.08. The Kier molecular flexibility index (Phi) is 6.88. The van der Waals surface area contributed by atoms with Crippen molar-refractivity contribution in [2.24, 2.45) is 0 Å². The number of amides is 1. The summed E-state index contributed by atoms with van der Waals surface area (Å²) in [4.78, 5) is 23.1. The molecule has 0 aliphatic heterocycles. The number of rotatable bonds is 6. The zero-order valence-corrected chi connectivity index (χ0v) is 14.5. The first kappa shape index (κ1) is 18.8. The average molecular weight is 322 g/mol. The molecular weight excluding hydrogens is 296 g/mol. The van der Waals surface area contributed by atoms with Gasteiger partial charge in [0, 0.05) is 18.8 Å². The second-order valence-electron chi connectivity index (χ2n) is 6.18. The van der Waals surface area contributed by atoms with Crippen LogP contribution in [-0.2, 0) is 9.47 Å². The lowest BCUT2D eigenvalue weighted by atomic mass is 10.1. The van der Waals surface area contributed by atoms with Gasteiger partial charge in [-0.2, -0.15) is 0 Å². The average Bonchev–Trinajstić information content (AvgIpc) is 2.46. The highest BCUT2D eigenvalue weighted by molar-refractivity contribution is 5.92. The van der Waals surface area contributed by atoms with E-state index < -0.39 is 11.7 Å². The van der Waals surface area contributed by atoms with Crippen molar-refractivity contribution in [3.63, 3.8) is 0 Å². The molecule has 0 aromatic heterocycles. The van der Waals surface area contributed by atoms with E-state index in [0.717, 1.165) is 17.7 Å². The summed E-state index contributed by atoms with van der Waals surface area (Å²) in [5.41, 5.74) is 1.78. The third kappa shape index (κ3) is 6.59. The number of benzene rings is 1. The number of alkyl carbamates (subject to hydrolysis) is 1. The van der Waals surface area contributed by atoms with Gasteiger partial charge < -0.3 is 20.1 Å². The lowest BCUT2D eigenvalue weighted by Crippen LogP contribution is -2.33. The molecule has 6 heteroatoms. The van der Waals surface area contributed by atoms with Gasteiger partial charge in [-0.15, -0.1) is 0 Å². The molecule has 0 saturated carbocycles. The van der Waals surface area contributed by atoms with Crippen LogP contribution in [0.15, 0.2) is 18.2 Å². The lowest BCUT2D eigenvalue weighted by Gasteiger charge is -2.19. The highest BCUT2D eigenvalue weighted by atomic mass is 16.6. The molecule has 0 bridgehead atoms. The topological polar surface area (TPSA) is 76.7 Å². The SMILES string of the molecule is COC(=O)c1cccc(NCCCNC(=O)OC(C)(C)C)c1C. The van der Waals surface area contributed by atoms with Gasteiger partial charge in [0.2, 0.25) is 0 Å². The van der Waals surface area contributed by atoms with E-state index in [9.17, 15) is 9.59 Å². The summed E-state index contributed by atoms with van der Waals surface area (Å²) >= 11 is 0. The van der Waals surface area contributed by atoms with Crippen LogP contribution in [0.1, 0.15) is 43.1 Å². The van der Waals surface area contributed by atoms with Crippen LogP contribution in [0.2, 0.25) is 0 Å². The van der Waals surface area contributed by atoms with Crippen molar-refractivity contribution >= 4 is 17.7 Å². The van der Waals surface area contributed by atoms with E-state index in [4.69, 9.17) is 9.47 Å². The molecule has 0 spiro atoms. The van der Waals surface area contributed by atoms with E-state index in [0.29, 0.717) is 18.7 Å². The van der Waals surface area contributed by atoms with Crippen molar-refractivity contribution in [2.75, 3.05) is 25.5 Å². The van der Waals surface area contributed by atoms with Gasteiger partial charge in [0.25, 0.3) is 0 Å². The zero-order valence-electron chi connectivity index (χ0n) is 14.5. The van der Waals surface area contributed by atoms with Gasteiger partial charge in [0.1, 0.15) is 5.60 Å². The number of esters is 1. The quantitative estimate of drug-likeness (QED) is 0.621. The summed E-state index contributed by atoms with van der Waals surface area (Å²) in [6.45, 7) is 8.52. The van der Waals surface area contributed by atoms with E-state index in [2.05, 4.69) is 10.6 Å². The molecule has 0 aliphatic carbocycles. The van der Waals surface area contributed by atoms with Crippen LogP contribution in [0.4, 0.5) is 10.5 Å². The molecule has 0 unspecified atom stereocenters. The summed E-state index contributed by atoms with van der Waals surface area (Å²) in [6.07, 6.45) is 0.322. The molecule has 1 rings (SSSR count). The standard InChI is InChI=1S/C17H26N2O4/c1-12-13(15(20)22-5)8-6-9-14(12)18-10-7-11-19-16(21)23-17(2,3)4/h6,8-9,18H,7,10-11H2,1-5H3,(H,19,21). The van der Waals surface area contributed by atoms with Crippen molar-refractivity contribution < 1.29 is 19.1 Å². The predicted molar refractivity (Wildman–Crippen MR) is 89.9 cm³/mol. The second-order valence-corrected chi connectivity index (χ2v) is 6.18. The normalized spacial score (nSPS) is 10.8. The number of nitrogens with one attached hydrogen (secondary N) is 2. The van der Waals surface area contributed by atoms with Crippen LogP contribution in [0.5, 0.6) is 0 Å². The first-order valence-electron chi connectivity index (χ1n) is 7.63. The molecule has 0 aliphatic rings. The van der Waals surface area contributed by atoms with Gasteiger partial charge in [-0.3, -0.25) is 0 Å². The molecule has 0 saturated heterocycles. The number of hydrogen-bond acceptors (Lipinski definition) is 5. The molecule has 1 aromatic rings. The van der Waals surface area contributed by atoms with Gasteiger partial charge in [0.15, 0.2) is 0 Å². The minimum absolute atomic E-state index is 0.349. The largest absolute Gasteiger partial charge is 0.465 e. The Hall–Kier alpha value is -2.24. The summed E-state index contributed by atoms with van der Waals surface area (Å²) in [5.74, 6) is -0.349. The first-order valence-corrected chi connectivity index (χ1v) is 7.63. The number of ether oxygens (including phenoxy) is 2. The highest BCUT2D eigenvalue weighted by Crippen LogP contribution is 2.19. The van der Waals surface area contributed by atoms with Gasteiger partial charge in [-0.25, -0.2) is 9.59 Å². The smallest absolute Gasteiger partial charge is 0.407 e. The van der Waals surface area contributed by atoms with Crippen molar-refractivity contribution in [1.29, 1.82) is 0 Å². The fraction of sp³-hybridized carbons (Fsp3) is 0.529. The molecule has 0 fully saturated rings. The highest BCUT2D eigenvalue weighted by Gasteiger charge is 2.15. The number of carbonyl (C=O) groups is 2. The molecule has 1 aromatic carbocycles. The molecule has 6 nitrogen and oxygen atoms in total. The van der Waals surface area contributed by atoms with Crippen LogP contribution < -0.4 is 10.6 Å². The summed E-state index contributed by atoms with van der Waals surface area (Å²) < 4.78 is 9.91. The summed E-state index contributed by atoms with van der Waals surface area (Å²) in [6, 6.07) is 5.44.